The molecule has 80 valence electrons. The lowest BCUT2D eigenvalue weighted by Crippen LogP contribution is -2.27. The molecule has 3 rings (SSSR count). The molecule has 0 bridgehead atoms. The third kappa shape index (κ3) is 1.09. The average Bonchev–Trinajstić information content (AvgIpc) is 2.66. The van der Waals surface area contributed by atoms with E-state index in [4.69, 9.17) is 8.92 Å². The summed E-state index contributed by atoms with van der Waals surface area (Å²) in [6.45, 7) is 1.93. The zero-order valence-corrected chi connectivity index (χ0v) is 8.92. The fourth-order valence-corrected chi connectivity index (χ4v) is 4.34. The van der Waals surface area contributed by atoms with Crippen molar-refractivity contribution in [1.82, 2.24) is 0 Å². The molecular formula is C9H14O4S. The van der Waals surface area contributed by atoms with Crippen LogP contribution in [0.4, 0.5) is 0 Å². The van der Waals surface area contributed by atoms with Crippen LogP contribution < -0.4 is 0 Å². The maximum atomic E-state index is 11.6. The maximum absolute atomic E-state index is 11.6. The monoisotopic (exact) mass is 218 g/mol. The lowest BCUT2D eigenvalue weighted by atomic mass is 10.1. The lowest BCUT2D eigenvalue weighted by Gasteiger charge is -2.15. The van der Waals surface area contributed by atoms with Gasteiger partial charge in [0.05, 0.1) is 5.60 Å². The van der Waals surface area contributed by atoms with Gasteiger partial charge in [0, 0.05) is 0 Å². The van der Waals surface area contributed by atoms with Gasteiger partial charge in [-0.1, -0.05) is 6.92 Å². The quantitative estimate of drug-likeness (QED) is 0.611. The predicted molar refractivity (Wildman–Crippen MR) is 49.3 cm³/mol. The molecule has 3 unspecified atom stereocenters. The van der Waals surface area contributed by atoms with Crippen LogP contribution >= 0.6 is 0 Å². The number of fused-ring (bicyclic) bond motifs is 1. The molecule has 0 aromatic rings. The number of hydrogen-bond donors (Lipinski definition) is 0. The van der Waals surface area contributed by atoms with E-state index in [0.717, 1.165) is 12.8 Å². The van der Waals surface area contributed by atoms with Gasteiger partial charge in [-0.05, 0) is 25.7 Å². The van der Waals surface area contributed by atoms with Crippen molar-refractivity contribution in [2.45, 2.75) is 55.7 Å². The van der Waals surface area contributed by atoms with Gasteiger partial charge in [-0.15, -0.1) is 0 Å². The Morgan fingerprint density at radius 2 is 2.14 bits per heavy atom. The average molecular weight is 218 g/mol. The van der Waals surface area contributed by atoms with Gasteiger partial charge in [-0.25, -0.2) is 0 Å². The molecule has 0 aromatic heterocycles. The van der Waals surface area contributed by atoms with Gasteiger partial charge in [-0.2, -0.15) is 8.42 Å². The van der Waals surface area contributed by atoms with Crippen LogP contribution in [-0.2, 0) is 19.0 Å². The highest BCUT2D eigenvalue weighted by molar-refractivity contribution is 7.87. The number of ether oxygens (including phenoxy) is 1. The van der Waals surface area contributed by atoms with Crippen LogP contribution in [0.1, 0.15) is 32.6 Å². The summed E-state index contributed by atoms with van der Waals surface area (Å²) in [7, 11) is -3.34. The van der Waals surface area contributed by atoms with E-state index in [1.807, 2.05) is 6.92 Å². The first-order valence-electron chi connectivity index (χ1n) is 5.16. The van der Waals surface area contributed by atoms with Crippen molar-refractivity contribution in [1.29, 1.82) is 0 Å². The maximum Gasteiger partial charge on any atom is 0.273 e. The van der Waals surface area contributed by atoms with Crippen LogP contribution in [0.15, 0.2) is 0 Å². The molecule has 0 amide bonds. The van der Waals surface area contributed by atoms with Crippen molar-refractivity contribution in [2.75, 3.05) is 0 Å². The molecule has 3 fully saturated rings. The summed E-state index contributed by atoms with van der Waals surface area (Å²) < 4.78 is 34.1. The molecule has 3 aliphatic rings. The standard InChI is InChI=1S/C9H14O4S/c1-2-6-8-7(14(10,11)13-6)5-9(12-8)3-4-9/h6-8H,2-5H2,1H3. The van der Waals surface area contributed by atoms with Gasteiger partial charge >= 0.3 is 0 Å². The van der Waals surface area contributed by atoms with Gasteiger partial charge in [0.2, 0.25) is 0 Å². The minimum Gasteiger partial charge on any atom is -0.368 e. The lowest BCUT2D eigenvalue weighted by molar-refractivity contribution is -0.0202. The SMILES string of the molecule is CCC1OS(=O)(=O)C2CC3(CC3)OC12. The van der Waals surface area contributed by atoms with E-state index in [-0.39, 0.29) is 17.8 Å². The highest BCUT2D eigenvalue weighted by atomic mass is 32.2. The number of hydrogen-bond acceptors (Lipinski definition) is 4. The smallest absolute Gasteiger partial charge is 0.273 e. The van der Waals surface area contributed by atoms with Crippen LogP contribution in [0.5, 0.6) is 0 Å². The molecule has 1 aliphatic carbocycles. The molecule has 4 nitrogen and oxygen atoms in total. The van der Waals surface area contributed by atoms with E-state index in [1.54, 1.807) is 0 Å². The van der Waals surface area contributed by atoms with E-state index < -0.39 is 15.4 Å². The summed E-state index contributed by atoms with van der Waals surface area (Å²) in [5, 5.41) is -0.394. The molecule has 0 aromatic carbocycles. The van der Waals surface area contributed by atoms with E-state index >= 15 is 0 Å². The van der Waals surface area contributed by atoms with Crippen molar-refractivity contribution < 1.29 is 17.3 Å². The Morgan fingerprint density at radius 1 is 1.43 bits per heavy atom. The fraction of sp³-hybridized carbons (Fsp3) is 1.00. The summed E-state index contributed by atoms with van der Waals surface area (Å²) in [4.78, 5) is 0. The zero-order chi connectivity index (χ0) is 9.97. The van der Waals surface area contributed by atoms with Crippen LogP contribution in [-0.4, -0.2) is 31.5 Å². The Hall–Kier alpha value is -0.130. The van der Waals surface area contributed by atoms with Crippen molar-refractivity contribution >= 4 is 10.1 Å². The van der Waals surface area contributed by atoms with Crippen molar-refractivity contribution in [3.63, 3.8) is 0 Å². The first kappa shape index (κ1) is 9.12. The minimum atomic E-state index is -3.34. The predicted octanol–water partition coefficient (Wildman–Crippen LogP) is 0.815. The Bertz CT molecular complexity index is 357. The van der Waals surface area contributed by atoms with Crippen LogP contribution in [0.25, 0.3) is 0 Å². The third-order valence-electron chi connectivity index (χ3n) is 3.53. The van der Waals surface area contributed by atoms with E-state index in [9.17, 15) is 8.42 Å². The molecule has 1 saturated carbocycles. The first-order chi connectivity index (χ1) is 6.56. The topological polar surface area (TPSA) is 52.6 Å². The van der Waals surface area contributed by atoms with Gasteiger partial charge in [0.15, 0.2) is 0 Å². The largest absolute Gasteiger partial charge is 0.368 e. The second-order valence-corrected chi connectivity index (χ2v) is 6.33. The van der Waals surface area contributed by atoms with E-state index in [0.29, 0.717) is 12.8 Å². The summed E-state index contributed by atoms with van der Waals surface area (Å²) in [5.74, 6) is 0. The van der Waals surface area contributed by atoms with Crippen molar-refractivity contribution in [2.24, 2.45) is 0 Å². The molecule has 0 N–H and O–H groups in total. The summed E-state index contributed by atoms with van der Waals surface area (Å²) >= 11 is 0. The van der Waals surface area contributed by atoms with Crippen molar-refractivity contribution in [3.8, 4) is 0 Å². The summed E-state index contributed by atoms with van der Waals surface area (Å²) in [6.07, 6.45) is 2.95. The Balaban J connectivity index is 1.93. The molecule has 3 atom stereocenters. The van der Waals surface area contributed by atoms with Gasteiger partial charge in [-0.3, -0.25) is 4.18 Å². The third-order valence-corrected chi connectivity index (χ3v) is 5.22. The molecular weight excluding hydrogens is 204 g/mol. The molecule has 5 heteroatoms. The zero-order valence-electron chi connectivity index (χ0n) is 8.10. The summed E-state index contributed by atoms with van der Waals surface area (Å²) in [5.41, 5.74) is -0.0837. The fourth-order valence-electron chi connectivity index (χ4n) is 2.54. The Labute approximate surface area is 83.7 Å². The normalized spacial score (nSPS) is 46.8. The van der Waals surface area contributed by atoms with Crippen LogP contribution in [0.3, 0.4) is 0 Å². The second kappa shape index (κ2) is 2.51. The van der Waals surface area contributed by atoms with E-state index in [2.05, 4.69) is 0 Å². The first-order valence-corrected chi connectivity index (χ1v) is 6.63. The molecule has 2 saturated heterocycles. The molecule has 2 aliphatic heterocycles. The van der Waals surface area contributed by atoms with Crippen molar-refractivity contribution in [3.05, 3.63) is 0 Å². The van der Waals surface area contributed by atoms with Gasteiger partial charge in [0.25, 0.3) is 10.1 Å². The minimum absolute atomic E-state index is 0.0837. The van der Waals surface area contributed by atoms with Gasteiger partial charge in [0.1, 0.15) is 17.5 Å². The Kier molecular flexibility index (Phi) is 1.64. The highest BCUT2D eigenvalue weighted by Gasteiger charge is 2.63. The van der Waals surface area contributed by atoms with Crippen LogP contribution in [0, 0.1) is 0 Å². The summed E-state index contributed by atoms with van der Waals surface area (Å²) in [6, 6.07) is 0. The Morgan fingerprint density at radius 3 is 2.71 bits per heavy atom. The highest BCUT2D eigenvalue weighted by Crippen LogP contribution is 2.54. The van der Waals surface area contributed by atoms with Gasteiger partial charge < -0.3 is 4.74 Å². The molecule has 1 spiro atoms. The molecule has 2 heterocycles. The molecule has 14 heavy (non-hydrogen) atoms. The second-order valence-electron chi connectivity index (χ2n) is 4.54. The molecule has 0 radical (unpaired) electrons. The number of rotatable bonds is 1. The van der Waals surface area contributed by atoms with E-state index in [1.165, 1.54) is 0 Å². The van der Waals surface area contributed by atoms with Crippen LogP contribution in [0.2, 0.25) is 0 Å².